The second-order valence-electron chi connectivity index (χ2n) is 8.05. The second kappa shape index (κ2) is 13.3. The number of para-hydroxylation sites is 1. The lowest BCUT2D eigenvalue weighted by Crippen LogP contribution is -2.39. The maximum absolute atomic E-state index is 13.3. The Labute approximate surface area is 216 Å². The molecule has 0 atom stereocenters. The number of amides is 1. The molecule has 1 aromatic heterocycles. The summed E-state index contributed by atoms with van der Waals surface area (Å²) in [7, 11) is 1.66. The van der Waals surface area contributed by atoms with Crippen LogP contribution in [0.4, 0.5) is 5.13 Å². The molecule has 0 aliphatic carbocycles. The summed E-state index contributed by atoms with van der Waals surface area (Å²) in [6.45, 7) is 7.24. The van der Waals surface area contributed by atoms with Gasteiger partial charge in [0.05, 0.1) is 30.5 Å². The summed E-state index contributed by atoms with van der Waals surface area (Å²) in [6, 6.07) is 14.2. The predicted molar refractivity (Wildman–Crippen MR) is 144 cm³/mol. The number of halogens is 1. The van der Waals surface area contributed by atoms with Gasteiger partial charge in [0.2, 0.25) is 5.91 Å². The lowest BCUT2D eigenvalue weighted by molar-refractivity contribution is -0.118. The average molecular weight is 522 g/mol. The zero-order chi connectivity index (χ0) is 23.0. The summed E-state index contributed by atoms with van der Waals surface area (Å²) in [5.74, 6) is 1.71. The number of methoxy groups -OCH3 is 1. The fourth-order valence-electron chi connectivity index (χ4n) is 3.86. The van der Waals surface area contributed by atoms with E-state index in [4.69, 9.17) is 14.5 Å². The molecule has 0 unspecified atom stereocenters. The lowest BCUT2D eigenvalue weighted by atomic mass is 10.2. The van der Waals surface area contributed by atoms with E-state index >= 15 is 0 Å². The van der Waals surface area contributed by atoms with E-state index in [0.29, 0.717) is 13.0 Å². The Morgan fingerprint density at radius 1 is 1.21 bits per heavy atom. The topological polar surface area (TPSA) is 54.9 Å². The highest BCUT2D eigenvalue weighted by Gasteiger charge is 2.21. The van der Waals surface area contributed by atoms with E-state index in [9.17, 15) is 4.79 Å². The summed E-state index contributed by atoms with van der Waals surface area (Å²) >= 11 is 3.30. The van der Waals surface area contributed by atoms with Crippen LogP contribution in [0.3, 0.4) is 0 Å². The van der Waals surface area contributed by atoms with Crippen molar-refractivity contribution in [1.29, 1.82) is 0 Å². The van der Waals surface area contributed by atoms with Gasteiger partial charge in [-0.05, 0) is 49.2 Å². The molecule has 9 heteroatoms. The zero-order valence-electron chi connectivity index (χ0n) is 19.7. The fourth-order valence-corrected chi connectivity index (χ4v) is 5.79. The van der Waals surface area contributed by atoms with E-state index in [-0.39, 0.29) is 18.3 Å². The van der Waals surface area contributed by atoms with Crippen LogP contribution < -0.4 is 9.64 Å². The Morgan fingerprint density at radius 3 is 2.68 bits per heavy atom. The molecule has 2 aromatic carbocycles. The molecular formula is C25H32ClN3O3S2. The van der Waals surface area contributed by atoms with Crippen LogP contribution in [0.25, 0.3) is 10.2 Å². The number of hydrogen-bond donors (Lipinski definition) is 0. The van der Waals surface area contributed by atoms with E-state index in [2.05, 4.69) is 30.0 Å². The molecule has 4 rings (SSSR count). The van der Waals surface area contributed by atoms with Crippen molar-refractivity contribution in [3.63, 3.8) is 0 Å². The van der Waals surface area contributed by atoms with Crippen molar-refractivity contribution < 1.29 is 14.3 Å². The van der Waals surface area contributed by atoms with Crippen molar-refractivity contribution >= 4 is 56.8 Å². The van der Waals surface area contributed by atoms with E-state index < -0.39 is 0 Å². The molecule has 0 radical (unpaired) electrons. The highest BCUT2D eigenvalue weighted by atomic mass is 35.5. The number of thiazole rings is 1. The van der Waals surface area contributed by atoms with Crippen LogP contribution in [0.5, 0.6) is 5.75 Å². The van der Waals surface area contributed by atoms with E-state index in [1.807, 2.05) is 29.2 Å². The SMILES string of the molecule is COc1ccc(SCCC(=O)N(CCCN2CCOCC2)c2nc3c(C)cccc3s2)cc1.Cl. The standard InChI is InChI=1S/C25H31N3O3S2.ClH/c1-19-5-3-6-22-24(19)26-25(33-22)28(13-4-12-27-14-16-31-17-15-27)23(29)11-18-32-21-9-7-20(30-2)8-10-21;/h3,5-10H,4,11-18H2,1-2H3;1H. The Kier molecular flexibility index (Phi) is 10.5. The highest BCUT2D eigenvalue weighted by molar-refractivity contribution is 7.99. The minimum absolute atomic E-state index is 0. The first-order chi connectivity index (χ1) is 16.1. The molecule has 184 valence electrons. The van der Waals surface area contributed by atoms with Gasteiger partial charge < -0.3 is 9.47 Å². The number of ether oxygens (including phenoxy) is 2. The number of rotatable bonds is 10. The molecule has 6 nitrogen and oxygen atoms in total. The van der Waals surface area contributed by atoms with Gasteiger partial charge in [0.25, 0.3) is 0 Å². The molecule has 0 spiro atoms. The fraction of sp³-hybridized carbons (Fsp3) is 0.440. The Hall–Kier alpha value is -1.84. The van der Waals surface area contributed by atoms with Crippen LogP contribution in [0.15, 0.2) is 47.4 Å². The Bertz CT molecular complexity index is 1060. The molecule has 3 aromatic rings. The van der Waals surface area contributed by atoms with Gasteiger partial charge in [-0.15, -0.1) is 24.2 Å². The largest absolute Gasteiger partial charge is 0.497 e. The van der Waals surface area contributed by atoms with E-state index in [1.54, 1.807) is 30.2 Å². The Morgan fingerprint density at radius 2 is 1.97 bits per heavy atom. The number of carbonyl (C=O) groups is 1. The van der Waals surface area contributed by atoms with Crippen molar-refractivity contribution in [1.82, 2.24) is 9.88 Å². The molecule has 1 aliphatic heterocycles. The average Bonchev–Trinajstić information content (AvgIpc) is 3.28. The third kappa shape index (κ3) is 7.09. The summed E-state index contributed by atoms with van der Waals surface area (Å²) < 4.78 is 11.8. The number of thioether (sulfide) groups is 1. The minimum atomic E-state index is 0. The Balaban J connectivity index is 0.00000324. The number of morpholine rings is 1. The first kappa shape index (κ1) is 26.8. The van der Waals surface area contributed by atoms with Crippen molar-refractivity contribution in [2.45, 2.75) is 24.7 Å². The van der Waals surface area contributed by atoms with Gasteiger partial charge in [-0.3, -0.25) is 14.6 Å². The number of carbonyl (C=O) groups excluding carboxylic acids is 1. The van der Waals surface area contributed by atoms with Gasteiger partial charge in [-0.1, -0.05) is 23.5 Å². The summed E-state index contributed by atoms with van der Waals surface area (Å²) in [5, 5.41) is 0.806. The van der Waals surface area contributed by atoms with Gasteiger partial charge in [0, 0.05) is 43.2 Å². The zero-order valence-corrected chi connectivity index (χ0v) is 22.1. The third-order valence-corrected chi connectivity index (χ3v) is 7.80. The highest BCUT2D eigenvalue weighted by Crippen LogP contribution is 2.31. The molecule has 0 N–H and O–H groups in total. The monoisotopic (exact) mass is 521 g/mol. The normalized spacial score (nSPS) is 14.1. The van der Waals surface area contributed by atoms with Gasteiger partial charge in [-0.2, -0.15) is 0 Å². The molecule has 1 fully saturated rings. The van der Waals surface area contributed by atoms with E-state index in [0.717, 1.165) is 76.6 Å². The second-order valence-corrected chi connectivity index (χ2v) is 10.2. The lowest BCUT2D eigenvalue weighted by Gasteiger charge is -2.27. The number of aryl methyl sites for hydroxylation is 1. The van der Waals surface area contributed by atoms with Crippen LogP contribution in [0.1, 0.15) is 18.4 Å². The van der Waals surface area contributed by atoms with Crippen LogP contribution in [0.2, 0.25) is 0 Å². The smallest absolute Gasteiger partial charge is 0.229 e. The molecule has 1 aliphatic rings. The van der Waals surface area contributed by atoms with Gasteiger partial charge >= 0.3 is 0 Å². The molecule has 0 bridgehead atoms. The van der Waals surface area contributed by atoms with Crippen molar-refractivity contribution in [2.24, 2.45) is 0 Å². The van der Waals surface area contributed by atoms with Crippen LogP contribution in [0, 0.1) is 6.92 Å². The first-order valence-electron chi connectivity index (χ1n) is 11.4. The molecular weight excluding hydrogens is 490 g/mol. The maximum Gasteiger partial charge on any atom is 0.229 e. The van der Waals surface area contributed by atoms with Gasteiger partial charge in [-0.25, -0.2) is 4.98 Å². The summed E-state index contributed by atoms with van der Waals surface area (Å²) in [5.41, 5.74) is 2.14. The number of fused-ring (bicyclic) bond motifs is 1. The number of anilines is 1. The van der Waals surface area contributed by atoms with Crippen molar-refractivity contribution in [2.75, 3.05) is 57.2 Å². The van der Waals surface area contributed by atoms with Gasteiger partial charge in [0.15, 0.2) is 5.13 Å². The summed E-state index contributed by atoms with van der Waals surface area (Å²) in [4.78, 5) is 23.6. The van der Waals surface area contributed by atoms with Gasteiger partial charge in [0.1, 0.15) is 5.75 Å². The van der Waals surface area contributed by atoms with E-state index in [1.165, 1.54) is 0 Å². The minimum Gasteiger partial charge on any atom is -0.497 e. The van der Waals surface area contributed by atoms with Crippen LogP contribution in [-0.4, -0.2) is 68.0 Å². The molecule has 34 heavy (non-hydrogen) atoms. The number of aromatic nitrogens is 1. The number of nitrogens with zero attached hydrogens (tertiary/aromatic N) is 3. The van der Waals surface area contributed by atoms with Crippen molar-refractivity contribution in [3.8, 4) is 5.75 Å². The molecule has 0 saturated carbocycles. The summed E-state index contributed by atoms with van der Waals surface area (Å²) in [6.07, 6.45) is 1.40. The van der Waals surface area contributed by atoms with Crippen LogP contribution in [-0.2, 0) is 9.53 Å². The molecule has 2 heterocycles. The van der Waals surface area contributed by atoms with Crippen molar-refractivity contribution in [3.05, 3.63) is 48.0 Å². The number of hydrogen-bond acceptors (Lipinski definition) is 7. The third-order valence-electron chi connectivity index (χ3n) is 5.75. The first-order valence-corrected chi connectivity index (χ1v) is 13.2. The molecule has 1 amide bonds. The molecule has 1 saturated heterocycles. The van der Waals surface area contributed by atoms with Crippen LogP contribution >= 0.6 is 35.5 Å². The predicted octanol–water partition coefficient (Wildman–Crippen LogP) is 5.27. The number of benzene rings is 2. The quantitative estimate of drug-likeness (QED) is 0.339. The maximum atomic E-state index is 13.3.